The van der Waals surface area contributed by atoms with Crippen molar-refractivity contribution in [2.24, 2.45) is 0 Å². The Morgan fingerprint density at radius 2 is 1.97 bits per heavy atom. The summed E-state index contributed by atoms with van der Waals surface area (Å²) >= 11 is 1.70. The minimum absolute atomic E-state index is 0.206. The number of hydrogen-bond donors (Lipinski definition) is 0. The highest BCUT2D eigenvalue weighted by Crippen LogP contribution is 2.35. The number of benzene rings is 1. The van der Waals surface area contributed by atoms with Gasteiger partial charge in [-0.25, -0.2) is 9.97 Å². The standard InChI is InChI=1S/C21H21F3N4OS/c22-21(23,24)12-28-19(26-14-6-2-1-5-13(14)20(28)29)16-8-4-10-27(16)11-18-25-15-7-3-9-17(15)30-18/h1-2,5-6,16H,3-4,7-12H2. The van der Waals surface area contributed by atoms with Gasteiger partial charge in [-0.05, 0) is 50.8 Å². The molecule has 1 aromatic carbocycles. The van der Waals surface area contributed by atoms with Crippen molar-refractivity contribution in [3.8, 4) is 0 Å². The zero-order valence-corrected chi connectivity index (χ0v) is 17.1. The number of fused-ring (bicyclic) bond motifs is 2. The second kappa shape index (κ2) is 7.46. The Balaban J connectivity index is 1.54. The zero-order valence-electron chi connectivity index (χ0n) is 16.3. The third kappa shape index (κ3) is 3.65. The molecular weight excluding hydrogens is 413 g/mol. The maximum Gasteiger partial charge on any atom is 0.406 e. The number of likely N-dealkylation sites (tertiary alicyclic amines) is 1. The molecule has 5 rings (SSSR count). The van der Waals surface area contributed by atoms with Gasteiger partial charge >= 0.3 is 6.18 Å². The van der Waals surface area contributed by atoms with Gasteiger partial charge in [0.2, 0.25) is 0 Å². The quantitative estimate of drug-likeness (QED) is 0.616. The summed E-state index contributed by atoms with van der Waals surface area (Å²) < 4.78 is 40.8. The summed E-state index contributed by atoms with van der Waals surface area (Å²) in [5.74, 6) is 0.206. The van der Waals surface area contributed by atoms with Gasteiger partial charge in [0.15, 0.2) is 0 Å². The number of para-hydroxylation sites is 1. The van der Waals surface area contributed by atoms with Crippen LogP contribution in [0.4, 0.5) is 13.2 Å². The second-order valence-electron chi connectivity index (χ2n) is 7.95. The van der Waals surface area contributed by atoms with Gasteiger partial charge in [-0.15, -0.1) is 11.3 Å². The fraction of sp³-hybridized carbons (Fsp3) is 0.476. The van der Waals surface area contributed by atoms with Gasteiger partial charge in [-0.1, -0.05) is 12.1 Å². The van der Waals surface area contributed by atoms with Crippen LogP contribution < -0.4 is 5.56 Å². The molecule has 1 saturated heterocycles. The van der Waals surface area contributed by atoms with Crippen molar-refractivity contribution in [1.82, 2.24) is 19.4 Å². The molecule has 1 aliphatic carbocycles. The molecule has 3 aromatic rings. The highest BCUT2D eigenvalue weighted by Gasteiger charge is 2.35. The molecule has 30 heavy (non-hydrogen) atoms. The average Bonchev–Trinajstić information content (AvgIpc) is 3.40. The summed E-state index contributed by atoms with van der Waals surface area (Å²) in [5.41, 5.74) is 0.979. The molecule has 0 amide bonds. The van der Waals surface area contributed by atoms with Crippen LogP contribution >= 0.6 is 11.3 Å². The summed E-state index contributed by atoms with van der Waals surface area (Å²) in [7, 11) is 0. The molecule has 0 saturated carbocycles. The fourth-order valence-electron chi connectivity index (χ4n) is 4.56. The van der Waals surface area contributed by atoms with E-state index in [9.17, 15) is 18.0 Å². The van der Waals surface area contributed by atoms with E-state index in [2.05, 4.69) is 9.88 Å². The number of hydrogen-bond acceptors (Lipinski definition) is 5. The highest BCUT2D eigenvalue weighted by atomic mass is 32.1. The van der Waals surface area contributed by atoms with Crippen LogP contribution in [0.1, 0.15) is 46.7 Å². The Morgan fingerprint density at radius 1 is 1.13 bits per heavy atom. The van der Waals surface area contributed by atoms with Crippen LogP contribution in [0.3, 0.4) is 0 Å². The number of rotatable bonds is 4. The van der Waals surface area contributed by atoms with Crippen LogP contribution in [-0.2, 0) is 25.9 Å². The largest absolute Gasteiger partial charge is 0.406 e. The minimum atomic E-state index is -4.50. The number of aromatic nitrogens is 3. The lowest BCUT2D eigenvalue weighted by Gasteiger charge is -2.26. The van der Waals surface area contributed by atoms with Crippen LogP contribution in [0.2, 0.25) is 0 Å². The molecule has 9 heteroatoms. The van der Waals surface area contributed by atoms with Crippen LogP contribution in [0.25, 0.3) is 10.9 Å². The normalized spacial score (nSPS) is 19.6. The molecule has 1 aliphatic heterocycles. The lowest BCUT2D eigenvalue weighted by Crippen LogP contribution is -2.35. The Morgan fingerprint density at radius 3 is 2.77 bits per heavy atom. The third-order valence-electron chi connectivity index (χ3n) is 5.87. The predicted molar refractivity (Wildman–Crippen MR) is 109 cm³/mol. The number of halogens is 3. The molecule has 0 bridgehead atoms. The lowest BCUT2D eigenvalue weighted by atomic mass is 10.1. The van der Waals surface area contributed by atoms with Gasteiger partial charge in [0.25, 0.3) is 5.56 Å². The molecule has 0 N–H and O–H groups in total. The molecule has 1 fully saturated rings. The lowest BCUT2D eigenvalue weighted by molar-refractivity contribution is -0.142. The Labute approximate surface area is 175 Å². The molecule has 2 aliphatic rings. The van der Waals surface area contributed by atoms with Crippen molar-refractivity contribution in [3.05, 3.63) is 56.0 Å². The smallest absolute Gasteiger partial charge is 0.287 e. The summed E-state index contributed by atoms with van der Waals surface area (Å²) in [5, 5.41) is 1.21. The van der Waals surface area contributed by atoms with Crippen LogP contribution in [0.15, 0.2) is 29.1 Å². The minimum Gasteiger partial charge on any atom is -0.287 e. The average molecular weight is 434 g/mol. The van der Waals surface area contributed by atoms with Crippen molar-refractivity contribution in [3.63, 3.8) is 0 Å². The molecule has 1 unspecified atom stereocenters. The Kier molecular flexibility index (Phi) is 4.89. The molecule has 2 aromatic heterocycles. The summed E-state index contributed by atoms with van der Waals surface area (Å²) in [4.78, 5) is 25.7. The molecule has 0 radical (unpaired) electrons. The monoisotopic (exact) mass is 434 g/mol. The molecule has 158 valence electrons. The van der Waals surface area contributed by atoms with Crippen molar-refractivity contribution in [1.29, 1.82) is 0 Å². The summed E-state index contributed by atoms with van der Waals surface area (Å²) in [6, 6.07) is 6.28. The van der Waals surface area contributed by atoms with E-state index in [4.69, 9.17) is 4.98 Å². The summed E-state index contributed by atoms with van der Waals surface area (Å²) in [6.45, 7) is 0.00949. The maximum atomic E-state index is 13.3. The summed E-state index contributed by atoms with van der Waals surface area (Å²) in [6.07, 6.45) is 0.242. The van der Waals surface area contributed by atoms with Crippen LogP contribution in [-0.4, -0.2) is 32.2 Å². The van der Waals surface area contributed by atoms with E-state index in [1.807, 2.05) is 0 Å². The van der Waals surface area contributed by atoms with Crippen molar-refractivity contribution >= 4 is 22.2 Å². The number of alkyl halides is 3. The van der Waals surface area contributed by atoms with Gasteiger partial charge in [0, 0.05) is 4.88 Å². The van der Waals surface area contributed by atoms with Gasteiger partial charge in [-0.3, -0.25) is 14.3 Å². The first-order valence-electron chi connectivity index (χ1n) is 10.2. The number of aryl methyl sites for hydroxylation is 2. The van der Waals surface area contributed by atoms with E-state index in [1.165, 1.54) is 16.6 Å². The van der Waals surface area contributed by atoms with Gasteiger partial charge in [0.05, 0.1) is 29.2 Å². The highest BCUT2D eigenvalue weighted by molar-refractivity contribution is 7.11. The third-order valence-corrected chi connectivity index (χ3v) is 7.01. The van der Waals surface area contributed by atoms with E-state index >= 15 is 0 Å². The van der Waals surface area contributed by atoms with E-state index in [-0.39, 0.29) is 17.3 Å². The van der Waals surface area contributed by atoms with Gasteiger partial charge in [0.1, 0.15) is 17.4 Å². The zero-order chi connectivity index (χ0) is 20.9. The SMILES string of the molecule is O=c1c2ccccc2nc(C2CCCN2Cc2nc3c(s2)CCC3)n1CC(F)(F)F. The molecule has 3 heterocycles. The first kappa shape index (κ1) is 19.7. The second-order valence-corrected chi connectivity index (χ2v) is 9.12. The van der Waals surface area contributed by atoms with E-state index in [1.54, 1.807) is 29.5 Å². The number of thiazole rings is 1. The van der Waals surface area contributed by atoms with Crippen molar-refractivity contribution in [2.75, 3.05) is 6.54 Å². The molecule has 1 atom stereocenters. The Bertz CT molecular complexity index is 1130. The van der Waals surface area contributed by atoms with E-state index in [0.717, 1.165) is 41.8 Å². The van der Waals surface area contributed by atoms with Crippen molar-refractivity contribution in [2.45, 2.75) is 57.4 Å². The van der Waals surface area contributed by atoms with Crippen LogP contribution in [0.5, 0.6) is 0 Å². The van der Waals surface area contributed by atoms with Crippen molar-refractivity contribution < 1.29 is 13.2 Å². The topological polar surface area (TPSA) is 51.0 Å². The maximum absolute atomic E-state index is 13.3. The van der Waals surface area contributed by atoms with Gasteiger partial charge in [-0.2, -0.15) is 13.2 Å². The van der Waals surface area contributed by atoms with E-state index < -0.39 is 18.3 Å². The van der Waals surface area contributed by atoms with Crippen LogP contribution in [0, 0.1) is 0 Å². The predicted octanol–water partition coefficient (Wildman–Crippen LogP) is 4.24. The molecular formula is C21H21F3N4OS. The fourth-order valence-corrected chi connectivity index (χ4v) is 5.75. The molecule has 5 nitrogen and oxygen atoms in total. The Hall–Kier alpha value is -2.26. The van der Waals surface area contributed by atoms with Gasteiger partial charge < -0.3 is 0 Å². The molecule has 0 spiro atoms. The first-order chi connectivity index (χ1) is 14.4. The first-order valence-corrected chi connectivity index (χ1v) is 11.0. The number of nitrogens with zero attached hydrogens (tertiary/aromatic N) is 4. The van der Waals surface area contributed by atoms with E-state index in [0.29, 0.717) is 18.5 Å².